The first-order chi connectivity index (χ1) is 10.3. The lowest BCUT2D eigenvalue weighted by atomic mass is 10.2. The molecule has 2 N–H and O–H groups in total. The maximum atomic E-state index is 9.93. The normalized spacial score (nSPS) is 12.1. The summed E-state index contributed by atoms with van der Waals surface area (Å²) in [4.78, 5) is 0. The number of benzene rings is 2. The number of ether oxygens (including phenoxy) is 1. The van der Waals surface area contributed by atoms with Crippen LogP contribution in [0.2, 0.25) is 0 Å². The molecular weight excluding hydrogens is 262 g/mol. The van der Waals surface area contributed by atoms with Crippen molar-refractivity contribution in [2.24, 2.45) is 0 Å². The Morgan fingerprint density at radius 1 is 1.05 bits per heavy atom. The minimum absolute atomic E-state index is 0.301. The second kappa shape index (κ2) is 8.45. The molecule has 112 valence electrons. The number of aliphatic hydroxyl groups is 1. The molecule has 0 bridgehead atoms. The van der Waals surface area contributed by atoms with E-state index in [1.165, 1.54) is 11.1 Å². The van der Waals surface area contributed by atoms with Crippen molar-refractivity contribution in [1.29, 1.82) is 0 Å². The van der Waals surface area contributed by atoms with E-state index in [4.69, 9.17) is 4.74 Å². The van der Waals surface area contributed by atoms with Gasteiger partial charge >= 0.3 is 0 Å². The maximum absolute atomic E-state index is 9.93. The molecule has 0 radical (unpaired) electrons. The van der Waals surface area contributed by atoms with Crippen molar-refractivity contribution < 1.29 is 9.84 Å². The fourth-order valence-electron chi connectivity index (χ4n) is 2.09. The highest BCUT2D eigenvalue weighted by molar-refractivity contribution is 5.28. The molecule has 0 aliphatic rings. The number of rotatable bonds is 8. The third-order valence-corrected chi connectivity index (χ3v) is 3.30. The Hall–Kier alpha value is -1.84. The number of hydrogen-bond acceptors (Lipinski definition) is 3. The van der Waals surface area contributed by atoms with E-state index in [-0.39, 0.29) is 0 Å². The van der Waals surface area contributed by atoms with Gasteiger partial charge in [-0.1, -0.05) is 49.4 Å². The summed E-state index contributed by atoms with van der Waals surface area (Å²) in [5.74, 6) is 0.816. The van der Waals surface area contributed by atoms with E-state index in [0.29, 0.717) is 13.2 Å². The van der Waals surface area contributed by atoms with Gasteiger partial charge in [0.1, 0.15) is 18.5 Å². The standard InChI is InChI=1S/C18H23NO2/c1-2-15-9-6-10-18(11-15)21-14-17(20)13-19-12-16-7-4-3-5-8-16/h3-11,17,19-20H,2,12-14H2,1H3. The summed E-state index contributed by atoms with van der Waals surface area (Å²) in [6.45, 7) is 3.68. The van der Waals surface area contributed by atoms with Gasteiger partial charge in [0.05, 0.1) is 0 Å². The molecule has 0 saturated heterocycles. The van der Waals surface area contributed by atoms with E-state index in [9.17, 15) is 5.11 Å². The van der Waals surface area contributed by atoms with Gasteiger partial charge in [-0.25, -0.2) is 0 Å². The van der Waals surface area contributed by atoms with Crippen LogP contribution in [-0.2, 0) is 13.0 Å². The maximum Gasteiger partial charge on any atom is 0.119 e. The van der Waals surface area contributed by atoms with Crippen LogP contribution in [0.5, 0.6) is 5.75 Å². The molecule has 1 atom stereocenters. The minimum Gasteiger partial charge on any atom is -0.491 e. The van der Waals surface area contributed by atoms with Gasteiger partial charge in [0, 0.05) is 13.1 Å². The second-order valence-electron chi connectivity index (χ2n) is 5.08. The number of aryl methyl sites for hydroxylation is 1. The molecular formula is C18H23NO2. The van der Waals surface area contributed by atoms with Gasteiger partial charge in [-0.15, -0.1) is 0 Å². The number of hydrogen-bond donors (Lipinski definition) is 2. The van der Waals surface area contributed by atoms with Crippen LogP contribution in [0.4, 0.5) is 0 Å². The Kier molecular flexibility index (Phi) is 6.25. The summed E-state index contributed by atoms with van der Waals surface area (Å²) in [7, 11) is 0. The van der Waals surface area contributed by atoms with E-state index in [0.717, 1.165) is 18.7 Å². The van der Waals surface area contributed by atoms with Gasteiger partial charge in [-0.05, 0) is 29.7 Å². The molecule has 0 spiro atoms. The molecule has 0 aromatic heterocycles. The molecule has 0 aliphatic heterocycles. The van der Waals surface area contributed by atoms with Gasteiger partial charge in [0.2, 0.25) is 0 Å². The predicted molar refractivity (Wildman–Crippen MR) is 85.5 cm³/mol. The molecule has 0 amide bonds. The highest BCUT2D eigenvalue weighted by Gasteiger charge is 2.05. The fourth-order valence-corrected chi connectivity index (χ4v) is 2.09. The lowest BCUT2D eigenvalue weighted by molar-refractivity contribution is 0.106. The highest BCUT2D eigenvalue weighted by atomic mass is 16.5. The minimum atomic E-state index is -0.515. The number of nitrogens with one attached hydrogen (secondary N) is 1. The third-order valence-electron chi connectivity index (χ3n) is 3.30. The summed E-state index contributed by atoms with van der Waals surface area (Å²) in [5.41, 5.74) is 2.45. The monoisotopic (exact) mass is 285 g/mol. The summed E-state index contributed by atoms with van der Waals surface area (Å²) in [5, 5.41) is 13.2. The first kappa shape index (κ1) is 15.5. The van der Waals surface area contributed by atoms with Crippen molar-refractivity contribution in [2.45, 2.75) is 26.0 Å². The van der Waals surface area contributed by atoms with Crippen molar-refractivity contribution in [3.05, 3.63) is 65.7 Å². The average Bonchev–Trinajstić information content (AvgIpc) is 2.54. The highest BCUT2D eigenvalue weighted by Crippen LogP contribution is 2.13. The molecule has 0 aliphatic carbocycles. The van der Waals surface area contributed by atoms with Crippen molar-refractivity contribution in [3.63, 3.8) is 0 Å². The third kappa shape index (κ3) is 5.58. The van der Waals surface area contributed by atoms with Crippen LogP contribution >= 0.6 is 0 Å². The summed E-state index contributed by atoms with van der Waals surface area (Å²) >= 11 is 0. The molecule has 0 saturated carbocycles. The fraction of sp³-hybridized carbons (Fsp3) is 0.333. The van der Waals surface area contributed by atoms with Crippen molar-refractivity contribution in [2.75, 3.05) is 13.2 Å². The summed E-state index contributed by atoms with van der Waals surface area (Å²) in [6, 6.07) is 18.1. The van der Waals surface area contributed by atoms with Crippen LogP contribution in [0.3, 0.4) is 0 Å². The van der Waals surface area contributed by atoms with Gasteiger partial charge in [0.15, 0.2) is 0 Å². The molecule has 1 unspecified atom stereocenters. The zero-order chi connectivity index (χ0) is 14.9. The van der Waals surface area contributed by atoms with Crippen LogP contribution in [-0.4, -0.2) is 24.4 Å². The van der Waals surface area contributed by atoms with Gasteiger partial charge in [-0.2, -0.15) is 0 Å². The SMILES string of the molecule is CCc1cccc(OCC(O)CNCc2ccccc2)c1. The van der Waals surface area contributed by atoms with E-state index < -0.39 is 6.10 Å². The van der Waals surface area contributed by atoms with Gasteiger partial charge in [0.25, 0.3) is 0 Å². The molecule has 2 rings (SSSR count). The van der Waals surface area contributed by atoms with E-state index in [2.05, 4.69) is 30.4 Å². The van der Waals surface area contributed by atoms with Crippen LogP contribution in [0.25, 0.3) is 0 Å². The average molecular weight is 285 g/mol. The Morgan fingerprint density at radius 2 is 1.81 bits per heavy atom. The zero-order valence-electron chi connectivity index (χ0n) is 12.5. The van der Waals surface area contributed by atoms with Crippen LogP contribution < -0.4 is 10.1 Å². The number of aliphatic hydroxyl groups excluding tert-OH is 1. The Bertz CT molecular complexity index is 528. The smallest absolute Gasteiger partial charge is 0.119 e. The van der Waals surface area contributed by atoms with Crippen molar-refractivity contribution >= 4 is 0 Å². The largest absolute Gasteiger partial charge is 0.491 e. The first-order valence-electron chi connectivity index (χ1n) is 7.42. The quantitative estimate of drug-likeness (QED) is 0.783. The Labute approximate surface area is 126 Å². The lowest BCUT2D eigenvalue weighted by Crippen LogP contribution is -2.31. The van der Waals surface area contributed by atoms with Crippen molar-refractivity contribution in [3.8, 4) is 5.75 Å². The van der Waals surface area contributed by atoms with Crippen LogP contribution in [0.15, 0.2) is 54.6 Å². The molecule has 2 aromatic rings. The lowest BCUT2D eigenvalue weighted by Gasteiger charge is -2.14. The Morgan fingerprint density at radius 3 is 2.57 bits per heavy atom. The first-order valence-corrected chi connectivity index (χ1v) is 7.42. The van der Waals surface area contributed by atoms with Crippen LogP contribution in [0, 0.1) is 0 Å². The van der Waals surface area contributed by atoms with Gasteiger partial charge < -0.3 is 15.2 Å². The van der Waals surface area contributed by atoms with E-state index in [1.807, 2.05) is 36.4 Å². The Balaban J connectivity index is 1.68. The molecule has 3 nitrogen and oxygen atoms in total. The summed E-state index contributed by atoms with van der Waals surface area (Å²) < 4.78 is 5.62. The van der Waals surface area contributed by atoms with E-state index >= 15 is 0 Å². The zero-order valence-corrected chi connectivity index (χ0v) is 12.5. The van der Waals surface area contributed by atoms with E-state index in [1.54, 1.807) is 0 Å². The molecule has 21 heavy (non-hydrogen) atoms. The molecule has 0 fully saturated rings. The molecule has 2 aromatic carbocycles. The summed E-state index contributed by atoms with van der Waals surface area (Å²) in [6.07, 6.45) is 0.470. The molecule has 3 heteroatoms. The van der Waals surface area contributed by atoms with Crippen LogP contribution in [0.1, 0.15) is 18.1 Å². The topological polar surface area (TPSA) is 41.5 Å². The predicted octanol–water partition coefficient (Wildman–Crippen LogP) is 2.78. The molecule has 0 heterocycles. The van der Waals surface area contributed by atoms with Crippen molar-refractivity contribution in [1.82, 2.24) is 5.32 Å². The second-order valence-corrected chi connectivity index (χ2v) is 5.08. The van der Waals surface area contributed by atoms with Gasteiger partial charge in [-0.3, -0.25) is 0 Å².